The average molecular weight is 1270 g/mol. The van der Waals surface area contributed by atoms with Gasteiger partial charge in [-0.3, -0.25) is 0 Å². The SMILES string of the molecule is c1ccc(-c2ccc(N(c3ccc(-c4ccc5c(ccc6ccccc65)c4)cc3)c3ccc(-c4ccc5c(ccc6cc(-c7ccc(-c8ccc(-c9ccc(N(c%10ccc%11c(ccc%12ccccc%12%11)c%10)c%10ccc%11c(ccc%12ccccc%12%11)c%10)cc9)cc8)cc7)ccc65)c4)cc3)cc2)cc1. The Hall–Kier alpha value is -13.1. The Morgan fingerprint density at radius 3 is 0.610 bits per heavy atom. The Bertz CT molecular complexity index is 6220. The van der Waals surface area contributed by atoms with E-state index in [0.717, 1.165) is 34.1 Å². The summed E-state index contributed by atoms with van der Waals surface area (Å²) in [6.07, 6.45) is 0. The molecule has 0 saturated carbocycles. The minimum Gasteiger partial charge on any atom is -0.311 e. The summed E-state index contributed by atoms with van der Waals surface area (Å²) in [5.41, 5.74) is 20.9. The normalized spacial score (nSPS) is 11.6. The van der Waals surface area contributed by atoms with Crippen LogP contribution in [0.5, 0.6) is 0 Å². The third kappa shape index (κ3) is 10.6. The maximum Gasteiger partial charge on any atom is 0.0468 e. The van der Waals surface area contributed by atoms with Crippen molar-refractivity contribution in [2.45, 2.75) is 0 Å². The maximum absolute atomic E-state index is 2.39. The van der Waals surface area contributed by atoms with Crippen molar-refractivity contribution in [1.82, 2.24) is 0 Å². The van der Waals surface area contributed by atoms with Gasteiger partial charge >= 0.3 is 0 Å². The molecule has 19 aromatic rings. The molecule has 466 valence electrons. The number of hydrogen-bond donors (Lipinski definition) is 0. The lowest BCUT2D eigenvalue weighted by Crippen LogP contribution is -2.10. The Balaban J connectivity index is 0.559. The van der Waals surface area contributed by atoms with Crippen LogP contribution in [0.2, 0.25) is 0 Å². The molecule has 0 bridgehead atoms. The number of benzene rings is 19. The number of anilines is 6. The van der Waals surface area contributed by atoms with Gasteiger partial charge in [-0.2, -0.15) is 0 Å². The molecule has 0 saturated heterocycles. The van der Waals surface area contributed by atoms with Crippen molar-refractivity contribution in [3.05, 3.63) is 388 Å². The van der Waals surface area contributed by atoms with E-state index in [0.29, 0.717) is 0 Å². The lowest BCUT2D eigenvalue weighted by Gasteiger charge is -2.26. The second kappa shape index (κ2) is 24.5. The van der Waals surface area contributed by atoms with Gasteiger partial charge in [-0.25, -0.2) is 0 Å². The Morgan fingerprint density at radius 2 is 0.300 bits per heavy atom. The van der Waals surface area contributed by atoms with E-state index in [9.17, 15) is 0 Å². The lowest BCUT2D eigenvalue weighted by atomic mass is 9.94. The van der Waals surface area contributed by atoms with Gasteiger partial charge in [-0.05, 0) is 244 Å². The molecule has 0 radical (unpaired) electrons. The van der Waals surface area contributed by atoms with E-state index in [1.807, 2.05) is 0 Å². The zero-order valence-electron chi connectivity index (χ0n) is 54.8. The van der Waals surface area contributed by atoms with Gasteiger partial charge in [-0.15, -0.1) is 0 Å². The summed E-state index contributed by atoms with van der Waals surface area (Å²) in [5, 5.41) is 20.0. The third-order valence-corrected chi connectivity index (χ3v) is 20.6. The molecule has 2 nitrogen and oxygen atoms in total. The van der Waals surface area contributed by atoms with E-state index < -0.39 is 0 Å². The topological polar surface area (TPSA) is 6.48 Å². The second-order valence-corrected chi connectivity index (χ2v) is 26.4. The Kier molecular flexibility index (Phi) is 14.3. The number of hydrogen-bond acceptors (Lipinski definition) is 2. The van der Waals surface area contributed by atoms with Crippen LogP contribution in [0, 0.1) is 0 Å². The zero-order valence-corrected chi connectivity index (χ0v) is 54.8. The van der Waals surface area contributed by atoms with Gasteiger partial charge < -0.3 is 9.80 Å². The van der Waals surface area contributed by atoms with Crippen LogP contribution in [-0.2, 0) is 0 Å². The van der Waals surface area contributed by atoms with Gasteiger partial charge in [0.1, 0.15) is 0 Å². The maximum atomic E-state index is 2.39. The van der Waals surface area contributed by atoms with Crippen LogP contribution >= 0.6 is 0 Å². The predicted octanol–water partition coefficient (Wildman–Crippen LogP) is 27.9. The first kappa shape index (κ1) is 58.2. The first-order chi connectivity index (χ1) is 49.5. The molecule has 0 spiro atoms. The quantitative estimate of drug-likeness (QED) is 0.113. The Morgan fingerprint density at radius 1 is 0.110 bits per heavy atom. The van der Waals surface area contributed by atoms with Gasteiger partial charge in [0, 0.05) is 34.1 Å². The van der Waals surface area contributed by atoms with Crippen molar-refractivity contribution in [2.75, 3.05) is 9.80 Å². The fraction of sp³-hybridized carbons (Fsp3) is 0. The molecule has 0 aliphatic carbocycles. The van der Waals surface area contributed by atoms with Crippen molar-refractivity contribution in [3.63, 3.8) is 0 Å². The summed E-state index contributed by atoms with van der Waals surface area (Å²) in [7, 11) is 0. The van der Waals surface area contributed by atoms with E-state index in [1.165, 1.54) is 153 Å². The summed E-state index contributed by atoms with van der Waals surface area (Å²) >= 11 is 0. The first-order valence-corrected chi connectivity index (χ1v) is 34.5. The summed E-state index contributed by atoms with van der Waals surface area (Å²) in [6.45, 7) is 0. The van der Waals surface area contributed by atoms with E-state index in [-0.39, 0.29) is 0 Å². The number of nitrogens with zero attached hydrogens (tertiary/aromatic N) is 2. The van der Waals surface area contributed by atoms with E-state index in [1.54, 1.807) is 0 Å². The highest BCUT2D eigenvalue weighted by Gasteiger charge is 2.19. The van der Waals surface area contributed by atoms with Crippen molar-refractivity contribution in [3.8, 4) is 66.8 Å². The van der Waals surface area contributed by atoms with Gasteiger partial charge in [0.25, 0.3) is 0 Å². The van der Waals surface area contributed by atoms with Crippen LogP contribution in [0.25, 0.3) is 153 Å². The lowest BCUT2D eigenvalue weighted by molar-refractivity contribution is 1.28. The number of rotatable bonds is 12. The van der Waals surface area contributed by atoms with Crippen LogP contribution in [0.4, 0.5) is 34.1 Å². The molecule has 0 amide bonds. The fourth-order valence-electron chi connectivity index (χ4n) is 15.3. The third-order valence-electron chi connectivity index (χ3n) is 20.6. The minimum absolute atomic E-state index is 1.09. The smallest absolute Gasteiger partial charge is 0.0468 e. The van der Waals surface area contributed by atoms with Gasteiger partial charge in [0.15, 0.2) is 0 Å². The summed E-state index contributed by atoms with van der Waals surface area (Å²) in [5.74, 6) is 0. The number of fused-ring (bicyclic) bond motifs is 12. The molecule has 0 unspecified atom stereocenters. The molecule has 0 aliphatic rings. The van der Waals surface area contributed by atoms with Gasteiger partial charge in [0.05, 0.1) is 0 Å². The van der Waals surface area contributed by atoms with Crippen LogP contribution in [0.3, 0.4) is 0 Å². The predicted molar refractivity (Wildman–Crippen MR) is 428 cm³/mol. The molecule has 2 heteroatoms. The van der Waals surface area contributed by atoms with Crippen molar-refractivity contribution >= 4 is 120 Å². The molecule has 19 rings (SSSR count). The van der Waals surface area contributed by atoms with Gasteiger partial charge in [0.2, 0.25) is 0 Å². The molecule has 0 atom stereocenters. The standard InChI is InChI=1S/C98H64N2/c1-2-10-65(11-3-1)69-34-45-85(46-35-69)99(86-49-38-72(39-50-86)78-42-55-94-80(61-78)29-26-74-12-4-7-15-91(74)94)87-51-40-73(41-52-87)79-44-57-96-82(62-79)33-32-81-60-77(43-56-95(81)96)71-24-22-67(23-25-71)66-18-20-68(21-19-66)70-36-47-88(48-37-70)100(89-53-58-97-83(63-89)30-27-75-13-5-8-16-92(75)97)90-54-59-98-84(64-90)31-28-76-14-6-9-17-93(76)98/h1-64H. The van der Waals surface area contributed by atoms with Crippen molar-refractivity contribution < 1.29 is 0 Å². The summed E-state index contributed by atoms with van der Waals surface area (Å²) in [6, 6.07) is 143. The highest BCUT2D eigenvalue weighted by Crippen LogP contribution is 2.43. The molecule has 19 aromatic carbocycles. The zero-order chi connectivity index (χ0) is 66.0. The van der Waals surface area contributed by atoms with E-state index in [4.69, 9.17) is 0 Å². The van der Waals surface area contributed by atoms with Crippen molar-refractivity contribution in [2.24, 2.45) is 0 Å². The van der Waals surface area contributed by atoms with Crippen LogP contribution in [0.15, 0.2) is 388 Å². The van der Waals surface area contributed by atoms with E-state index in [2.05, 4.69) is 398 Å². The molecular weight excluding hydrogens is 1210 g/mol. The molecule has 100 heavy (non-hydrogen) atoms. The van der Waals surface area contributed by atoms with Crippen molar-refractivity contribution in [1.29, 1.82) is 0 Å². The second-order valence-electron chi connectivity index (χ2n) is 26.4. The highest BCUT2D eigenvalue weighted by molar-refractivity contribution is 6.13. The van der Waals surface area contributed by atoms with Crippen LogP contribution in [0.1, 0.15) is 0 Å². The highest BCUT2D eigenvalue weighted by atomic mass is 15.1. The van der Waals surface area contributed by atoms with Gasteiger partial charge in [-0.1, -0.05) is 297 Å². The molecular formula is C98H64N2. The minimum atomic E-state index is 1.09. The largest absolute Gasteiger partial charge is 0.311 e. The van der Waals surface area contributed by atoms with Crippen LogP contribution in [-0.4, -0.2) is 0 Å². The molecule has 0 heterocycles. The van der Waals surface area contributed by atoms with Crippen LogP contribution < -0.4 is 9.80 Å². The molecule has 0 fully saturated rings. The molecule has 0 N–H and O–H groups in total. The molecule has 0 aliphatic heterocycles. The monoisotopic (exact) mass is 1270 g/mol. The fourth-order valence-corrected chi connectivity index (χ4v) is 15.3. The average Bonchev–Trinajstić information content (AvgIpc) is 0.778. The molecule has 0 aromatic heterocycles. The summed E-state index contributed by atoms with van der Waals surface area (Å²) in [4.78, 5) is 4.75. The summed E-state index contributed by atoms with van der Waals surface area (Å²) < 4.78 is 0. The first-order valence-electron chi connectivity index (χ1n) is 34.5. The van der Waals surface area contributed by atoms with E-state index >= 15 is 0 Å². The Labute approximate surface area is 581 Å².